The first-order valence-electron chi connectivity index (χ1n) is 8.33. The van der Waals surface area contributed by atoms with Crippen LogP contribution in [-0.4, -0.2) is 43.7 Å². The molecule has 0 aliphatic carbocycles. The van der Waals surface area contributed by atoms with E-state index in [9.17, 15) is 4.79 Å². The zero-order valence-electron chi connectivity index (χ0n) is 14.0. The number of likely N-dealkylation sites (tertiary alicyclic amines) is 1. The van der Waals surface area contributed by atoms with Crippen LogP contribution in [0.1, 0.15) is 37.8 Å². The fourth-order valence-corrected chi connectivity index (χ4v) is 3.06. The molecule has 1 aliphatic rings. The van der Waals surface area contributed by atoms with Crippen LogP contribution in [0.5, 0.6) is 0 Å². The van der Waals surface area contributed by atoms with E-state index in [1.165, 1.54) is 11.1 Å². The van der Waals surface area contributed by atoms with Gasteiger partial charge in [-0.3, -0.25) is 4.79 Å². The molecule has 4 nitrogen and oxygen atoms in total. The van der Waals surface area contributed by atoms with Crippen molar-refractivity contribution < 1.29 is 9.53 Å². The van der Waals surface area contributed by atoms with Gasteiger partial charge in [0, 0.05) is 38.9 Å². The third-order valence-electron chi connectivity index (χ3n) is 4.48. The molecule has 0 unspecified atom stereocenters. The number of methoxy groups -OCH3 is 1. The van der Waals surface area contributed by atoms with E-state index in [2.05, 4.69) is 42.3 Å². The Hall–Kier alpha value is -1.39. The van der Waals surface area contributed by atoms with Gasteiger partial charge in [0.1, 0.15) is 0 Å². The summed E-state index contributed by atoms with van der Waals surface area (Å²) in [5.41, 5.74) is 3.45. The van der Waals surface area contributed by atoms with E-state index in [-0.39, 0.29) is 5.91 Å². The van der Waals surface area contributed by atoms with Gasteiger partial charge in [0.25, 0.3) is 0 Å². The molecule has 0 bridgehead atoms. The van der Waals surface area contributed by atoms with Crippen LogP contribution < -0.4 is 5.32 Å². The first-order valence-corrected chi connectivity index (χ1v) is 8.33. The highest BCUT2D eigenvalue weighted by Gasteiger charge is 2.22. The van der Waals surface area contributed by atoms with Crippen LogP contribution in [0, 0.1) is 0 Å². The highest BCUT2D eigenvalue weighted by Crippen LogP contribution is 2.23. The molecule has 1 N–H and O–H groups in total. The summed E-state index contributed by atoms with van der Waals surface area (Å²) in [7, 11) is 1.76. The van der Waals surface area contributed by atoms with Crippen LogP contribution in [0.4, 0.5) is 5.69 Å². The lowest BCUT2D eigenvalue weighted by molar-refractivity contribution is -0.116. The van der Waals surface area contributed by atoms with Crippen molar-refractivity contribution in [1.29, 1.82) is 0 Å². The number of hydrogen-bond donors (Lipinski definition) is 1. The van der Waals surface area contributed by atoms with Gasteiger partial charge < -0.3 is 15.0 Å². The molecule has 2 rings (SSSR count). The van der Waals surface area contributed by atoms with Gasteiger partial charge in [0.05, 0.1) is 6.10 Å². The van der Waals surface area contributed by atoms with Crippen molar-refractivity contribution in [1.82, 2.24) is 4.90 Å². The smallest absolute Gasteiger partial charge is 0.225 e. The van der Waals surface area contributed by atoms with Crippen LogP contribution in [-0.2, 0) is 22.4 Å². The van der Waals surface area contributed by atoms with Crippen LogP contribution in [0.3, 0.4) is 0 Å². The van der Waals surface area contributed by atoms with Crippen molar-refractivity contribution in [2.75, 3.05) is 32.1 Å². The first kappa shape index (κ1) is 17.0. The number of nitrogens with zero attached hydrogens (tertiary/aromatic N) is 1. The molecule has 0 saturated carbocycles. The van der Waals surface area contributed by atoms with Gasteiger partial charge in [-0.1, -0.05) is 32.0 Å². The van der Waals surface area contributed by atoms with Crippen molar-refractivity contribution in [2.24, 2.45) is 0 Å². The minimum absolute atomic E-state index is 0.108. The zero-order chi connectivity index (χ0) is 15.9. The molecular formula is C18H28N2O2. The van der Waals surface area contributed by atoms with Gasteiger partial charge in [-0.25, -0.2) is 0 Å². The van der Waals surface area contributed by atoms with Crippen molar-refractivity contribution in [3.63, 3.8) is 0 Å². The number of carbonyl (C=O) groups excluding carboxylic acids is 1. The molecule has 22 heavy (non-hydrogen) atoms. The molecule has 1 heterocycles. The van der Waals surface area contributed by atoms with E-state index in [0.29, 0.717) is 12.5 Å². The highest BCUT2D eigenvalue weighted by atomic mass is 16.5. The molecule has 1 amide bonds. The van der Waals surface area contributed by atoms with Crippen LogP contribution in [0.25, 0.3) is 0 Å². The van der Waals surface area contributed by atoms with Gasteiger partial charge >= 0.3 is 0 Å². The molecule has 4 heteroatoms. The Bertz CT molecular complexity index is 480. The number of amides is 1. The van der Waals surface area contributed by atoms with Gasteiger partial charge in [0.2, 0.25) is 5.91 Å². The summed E-state index contributed by atoms with van der Waals surface area (Å²) in [6, 6.07) is 6.26. The van der Waals surface area contributed by atoms with E-state index in [4.69, 9.17) is 4.74 Å². The third-order valence-corrected chi connectivity index (χ3v) is 4.48. The molecule has 1 saturated heterocycles. The second-order valence-corrected chi connectivity index (χ2v) is 5.90. The van der Waals surface area contributed by atoms with Crippen LogP contribution in [0.15, 0.2) is 18.2 Å². The number of hydrogen-bond acceptors (Lipinski definition) is 3. The SMILES string of the molecule is CCc1cccc(CC)c1NC(=O)CCN1CC[C@H](OC)C1. The lowest BCUT2D eigenvalue weighted by Crippen LogP contribution is -2.27. The third kappa shape index (κ3) is 4.31. The van der Waals surface area contributed by atoms with Gasteiger partial charge in [0.15, 0.2) is 0 Å². The molecule has 1 fully saturated rings. The topological polar surface area (TPSA) is 41.6 Å². The highest BCUT2D eigenvalue weighted by molar-refractivity contribution is 5.92. The average Bonchev–Trinajstić information content (AvgIpc) is 3.01. The minimum atomic E-state index is 0.108. The molecule has 0 radical (unpaired) electrons. The molecule has 1 aromatic rings. The summed E-state index contributed by atoms with van der Waals surface area (Å²) < 4.78 is 5.36. The number of rotatable bonds is 7. The number of ether oxygens (including phenoxy) is 1. The maximum atomic E-state index is 12.3. The Balaban J connectivity index is 1.90. The van der Waals surface area contributed by atoms with Gasteiger partial charge in [-0.05, 0) is 30.4 Å². The van der Waals surface area contributed by atoms with Crippen molar-refractivity contribution in [2.45, 2.75) is 45.6 Å². The van der Waals surface area contributed by atoms with Crippen molar-refractivity contribution in [3.05, 3.63) is 29.3 Å². The second kappa shape index (κ2) is 8.30. The normalized spacial score (nSPS) is 18.6. The van der Waals surface area contributed by atoms with Crippen molar-refractivity contribution >= 4 is 11.6 Å². The number of para-hydroxylation sites is 1. The minimum Gasteiger partial charge on any atom is -0.380 e. The van der Waals surface area contributed by atoms with E-state index < -0.39 is 0 Å². The molecule has 1 aromatic carbocycles. The predicted octanol–water partition coefficient (Wildman–Crippen LogP) is 2.86. The summed E-state index contributed by atoms with van der Waals surface area (Å²) in [5, 5.41) is 3.13. The number of anilines is 1. The Morgan fingerprint density at radius 3 is 2.55 bits per heavy atom. The molecule has 1 aliphatic heterocycles. The zero-order valence-corrected chi connectivity index (χ0v) is 14.0. The van der Waals surface area contributed by atoms with Crippen molar-refractivity contribution in [3.8, 4) is 0 Å². The maximum Gasteiger partial charge on any atom is 0.225 e. The molecule has 122 valence electrons. The number of aryl methyl sites for hydroxylation is 2. The van der Waals surface area contributed by atoms with E-state index in [1.54, 1.807) is 7.11 Å². The Labute approximate surface area is 133 Å². The monoisotopic (exact) mass is 304 g/mol. The average molecular weight is 304 g/mol. The molecule has 0 spiro atoms. The second-order valence-electron chi connectivity index (χ2n) is 5.90. The Kier molecular flexibility index (Phi) is 6.40. The largest absolute Gasteiger partial charge is 0.380 e. The lowest BCUT2D eigenvalue weighted by atomic mass is 10.0. The predicted molar refractivity (Wildman–Crippen MR) is 90.3 cm³/mol. The first-order chi connectivity index (χ1) is 10.7. The summed E-state index contributed by atoms with van der Waals surface area (Å²) in [4.78, 5) is 14.6. The number of carbonyl (C=O) groups is 1. The Morgan fingerprint density at radius 1 is 1.32 bits per heavy atom. The summed E-state index contributed by atoms with van der Waals surface area (Å²) in [6.07, 6.45) is 3.81. The van der Waals surface area contributed by atoms with E-state index in [1.807, 2.05) is 0 Å². The van der Waals surface area contributed by atoms with Crippen LogP contribution >= 0.6 is 0 Å². The van der Waals surface area contributed by atoms with Crippen LogP contribution in [0.2, 0.25) is 0 Å². The molecular weight excluding hydrogens is 276 g/mol. The van der Waals surface area contributed by atoms with E-state index >= 15 is 0 Å². The number of benzene rings is 1. The summed E-state index contributed by atoms with van der Waals surface area (Å²) in [6.45, 7) is 7.02. The lowest BCUT2D eigenvalue weighted by Gasteiger charge is -2.17. The molecule has 0 aromatic heterocycles. The summed E-state index contributed by atoms with van der Waals surface area (Å²) >= 11 is 0. The number of nitrogens with one attached hydrogen (secondary N) is 1. The quantitative estimate of drug-likeness (QED) is 0.842. The van der Waals surface area contributed by atoms with Gasteiger partial charge in [-0.15, -0.1) is 0 Å². The van der Waals surface area contributed by atoms with E-state index in [0.717, 1.165) is 44.6 Å². The maximum absolute atomic E-state index is 12.3. The fraction of sp³-hybridized carbons (Fsp3) is 0.611. The Morgan fingerprint density at radius 2 is 2.00 bits per heavy atom. The summed E-state index contributed by atoms with van der Waals surface area (Å²) in [5.74, 6) is 0.108. The fourth-order valence-electron chi connectivity index (χ4n) is 3.06. The van der Waals surface area contributed by atoms with Gasteiger partial charge in [-0.2, -0.15) is 0 Å². The standard InChI is InChI=1S/C18H28N2O2/c1-4-14-7-6-8-15(5-2)18(14)19-17(21)10-12-20-11-9-16(13-20)22-3/h6-8,16H,4-5,9-13H2,1-3H3,(H,19,21)/t16-/m0/s1. The molecule has 1 atom stereocenters.